The SMILES string of the molecule is CC/C=C/C/C=C/C/C=C/CCCCCCCCC(=O)NC(COP(=O)([O-])OCC[N+](C)(C)C)C(/C=C\CCCCCCCCCCC)OC(=O)CCCCCCCCCCCCCCCCCCCCCCCCCCCCC. The third-order valence-electron chi connectivity index (χ3n) is 15.5. The van der Waals surface area contributed by atoms with E-state index < -0.39 is 26.6 Å². The number of phosphoric acid groups is 1. The van der Waals surface area contributed by atoms with Crippen molar-refractivity contribution in [2.45, 2.75) is 348 Å². The largest absolute Gasteiger partial charge is 0.756 e. The van der Waals surface area contributed by atoms with E-state index in [4.69, 9.17) is 13.8 Å². The van der Waals surface area contributed by atoms with Gasteiger partial charge in [-0.2, -0.15) is 0 Å². The molecule has 80 heavy (non-hydrogen) atoms. The number of hydrogen-bond acceptors (Lipinski definition) is 7. The van der Waals surface area contributed by atoms with Crippen LogP contribution in [-0.4, -0.2) is 69.4 Å². The monoisotopic (exact) mass is 1140 g/mol. The van der Waals surface area contributed by atoms with E-state index in [1.165, 1.54) is 199 Å². The van der Waals surface area contributed by atoms with Crippen LogP contribution in [0.25, 0.3) is 0 Å². The Kier molecular flexibility index (Phi) is 58.6. The summed E-state index contributed by atoms with van der Waals surface area (Å²) in [5, 5.41) is 3.03. The third kappa shape index (κ3) is 60.6. The molecule has 0 rings (SSSR count). The lowest BCUT2D eigenvalue weighted by Gasteiger charge is -2.30. The quantitative estimate of drug-likeness (QED) is 0.0212. The zero-order valence-corrected chi connectivity index (χ0v) is 54.7. The highest BCUT2D eigenvalue weighted by molar-refractivity contribution is 7.45. The summed E-state index contributed by atoms with van der Waals surface area (Å²) in [7, 11) is 1.18. The maximum atomic E-state index is 13.5. The van der Waals surface area contributed by atoms with E-state index in [9.17, 15) is 19.0 Å². The van der Waals surface area contributed by atoms with Gasteiger partial charge < -0.3 is 28.5 Å². The lowest BCUT2D eigenvalue weighted by Crippen LogP contribution is -2.47. The van der Waals surface area contributed by atoms with Gasteiger partial charge in [-0.25, -0.2) is 0 Å². The number of hydrogen-bond donors (Lipinski definition) is 1. The van der Waals surface area contributed by atoms with Crippen LogP contribution < -0.4 is 10.2 Å². The van der Waals surface area contributed by atoms with Crippen molar-refractivity contribution in [2.75, 3.05) is 40.9 Å². The molecule has 0 spiro atoms. The number of phosphoric ester groups is 1. The van der Waals surface area contributed by atoms with Gasteiger partial charge >= 0.3 is 5.97 Å². The van der Waals surface area contributed by atoms with Crippen molar-refractivity contribution in [3.8, 4) is 0 Å². The van der Waals surface area contributed by atoms with Gasteiger partial charge in [-0.1, -0.05) is 307 Å². The zero-order valence-electron chi connectivity index (χ0n) is 53.8. The van der Waals surface area contributed by atoms with Crippen molar-refractivity contribution >= 4 is 19.7 Å². The van der Waals surface area contributed by atoms with Gasteiger partial charge in [0.05, 0.1) is 33.8 Å². The summed E-state index contributed by atoms with van der Waals surface area (Å²) in [5.41, 5.74) is 0. The summed E-state index contributed by atoms with van der Waals surface area (Å²) in [4.78, 5) is 40.0. The normalized spacial score (nSPS) is 13.8. The minimum atomic E-state index is -4.70. The molecule has 10 heteroatoms. The number of nitrogens with zero attached hydrogens (tertiary/aromatic N) is 1. The number of likely N-dealkylation sites (N-methyl/N-ethyl adjacent to an activating group) is 1. The highest BCUT2D eigenvalue weighted by Gasteiger charge is 2.27. The van der Waals surface area contributed by atoms with Gasteiger partial charge in [0.15, 0.2) is 0 Å². The van der Waals surface area contributed by atoms with Crippen molar-refractivity contribution in [3.63, 3.8) is 0 Å². The fourth-order valence-corrected chi connectivity index (χ4v) is 11.0. The topological polar surface area (TPSA) is 114 Å². The smallest absolute Gasteiger partial charge is 0.306 e. The summed E-state index contributed by atoms with van der Waals surface area (Å²) < 4.78 is 30.4. The van der Waals surface area contributed by atoms with E-state index >= 15 is 0 Å². The maximum Gasteiger partial charge on any atom is 0.306 e. The predicted octanol–water partition coefficient (Wildman–Crippen LogP) is 21.0. The molecule has 1 N–H and O–H groups in total. The highest BCUT2D eigenvalue weighted by Crippen LogP contribution is 2.38. The van der Waals surface area contributed by atoms with E-state index in [1.54, 1.807) is 0 Å². The Morgan fingerprint density at radius 2 is 0.800 bits per heavy atom. The lowest BCUT2D eigenvalue weighted by atomic mass is 10.0. The summed E-state index contributed by atoms with van der Waals surface area (Å²) in [6.07, 6.45) is 75.4. The second-order valence-corrected chi connectivity index (χ2v) is 26.1. The van der Waals surface area contributed by atoms with Crippen molar-refractivity contribution in [2.24, 2.45) is 0 Å². The van der Waals surface area contributed by atoms with Gasteiger partial charge in [0, 0.05) is 12.8 Å². The van der Waals surface area contributed by atoms with E-state index in [2.05, 4.69) is 62.5 Å². The van der Waals surface area contributed by atoms with Gasteiger partial charge in [-0.05, 0) is 63.9 Å². The molecule has 0 saturated carbocycles. The van der Waals surface area contributed by atoms with Gasteiger partial charge in [0.25, 0.3) is 7.82 Å². The summed E-state index contributed by atoms with van der Waals surface area (Å²) in [6.45, 7) is 6.76. The van der Waals surface area contributed by atoms with E-state index in [-0.39, 0.29) is 24.9 Å². The predicted molar refractivity (Wildman–Crippen MR) is 344 cm³/mol. The Morgan fingerprint density at radius 3 is 1.20 bits per heavy atom. The second-order valence-electron chi connectivity index (χ2n) is 24.7. The molecule has 0 aliphatic carbocycles. The van der Waals surface area contributed by atoms with Gasteiger partial charge in [0.2, 0.25) is 5.91 Å². The molecule has 0 aromatic heterocycles. The molecule has 3 unspecified atom stereocenters. The zero-order chi connectivity index (χ0) is 58.6. The highest BCUT2D eigenvalue weighted by atomic mass is 31.2. The molecule has 0 aliphatic rings. The van der Waals surface area contributed by atoms with Crippen molar-refractivity contribution in [3.05, 3.63) is 48.6 Å². The molecule has 0 aromatic carbocycles. The fourth-order valence-electron chi connectivity index (χ4n) is 10.2. The molecule has 0 radical (unpaired) electrons. The first kappa shape index (κ1) is 78.0. The van der Waals surface area contributed by atoms with Crippen LogP contribution in [0.5, 0.6) is 0 Å². The minimum absolute atomic E-state index is 0.0241. The van der Waals surface area contributed by atoms with Gasteiger partial charge in [-0.15, -0.1) is 0 Å². The molecule has 0 aliphatic heterocycles. The molecule has 0 bridgehead atoms. The average Bonchev–Trinajstić information content (AvgIpc) is 3.43. The molecule has 0 aromatic rings. The summed E-state index contributed by atoms with van der Waals surface area (Å²) >= 11 is 0. The molecule has 470 valence electrons. The van der Waals surface area contributed by atoms with Crippen LogP contribution in [0.1, 0.15) is 335 Å². The van der Waals surface area contributed by atoms with Crippen LogP contribution in [-0.2, 0) is 27.9 Å². The number of nitrogens with one attached hydrogen (secondary N) is 1. The number of esters is 1. The van der Waals surface area contributed by atoms with E-state index in [0.717, 1.165) is 103 Å². The maximum absolute atomic E-state index is 13.5. The number of allylic oxidation sites excluding steroid dienone is 7. The Bertz CT molecular complexity index is 1510. The number of carbonyl (C=O) groups excluding carboxylic acids is 2. The van der Waals surface area contributed by atoms with Gasteiger partial charge in [0.1, 0.15) is 19.3 Å². The number of quaternary nitrogens is 1. The van der Waals surface area contributed by atoms with Gasteiger partial charge in [-0.3, -0.25) is 14.2 Å². The first-order valence-corrected chi connectivity index (χ1v) is 35.9. The standard InChI is InChI=1S/C70H133N2O7P/c1-7-10-13-16-19-22-25-27-29-31-32-33-34-35-36-37-38-39-40-41-43-45-48-51-54-57-60-63-70(74)79-68(61-58-55-52-49-46-24-21-18-15-12-9-3)67(66-78-80(75,76)77-65-64-72(4,5)6)71-69(73)62-59-56-53-50-47-44-42-30-28-26-23-20-17-14-11-8-2/h11,14,20,23,28,30,58,61,67-68H,7-10,12-13,15-19,21-22,24-27,29,31-57,59-60,62-66H2,1-6H3,(H-,71,73,75,76)/b14-11+,23-20+,30-28+,61-58-. The van der Waals surface area contributed by atoms with E-state index in [0.29, 0.717) is 17.4 Å². The number of ether oxygens (including phenoxy) is 1. The van der Waals surface area contributed by atoms with Crippen LogP contribution in [0.2, 0.25) is 0 Å². The Hall–Kier alpha value is -2.03. The van der Waals surface area contributed by atoms with Crippen LogP contribution >= 0.6 is 7.82 Å². The molecular formula is C70H133N2O7P. The molecular weight excluding hydrogens is 1010 g/mol. The first-order valence-electron chi connectivity index (χ1n) is 34.4. The Morgan fingerprint density at radius 1 is 0.450 bits per heavy atom. The number of carbonyl (C=O) groups is 2. The average molecular weight is 1150 g/mol. The number of unbranched alkanes of at least 4 members (excludes halogenated alkanes) is 41. The Labute approximate surface area is 497 Å². The van der Waals surface area contributed by atoms with Crippen molar-refractivity contribution in [1.29, 1.82) is 0 Å². The molecule has 0 saturated heterocycles. The van der Waals surface area contributed by atoms with Crippen LogP contribution in [0.4, 0.5) is 0 Å². The third-order valence-corrected chi connectivity index (χ3v) is 16.5. The molecule has 1 amide bonds. The first-order chi connectivity index (χ1) is 38.9. The van der Waals surface area contributed by atoms with Crippen LogP contribution in [0.3, 0.4) is 0 Å². The second kappa shape index (κ2) is 60.1. The summed E-state index contributed by atoms with van der Waals surface area (Å²) in [6, 6.07) is -0.893. The fraction of sp³-hybridized carbons (Fsp3) is 0.857. The lowest BCUT2D eigenvalue weighted by molar-refractivity contribution is -0.870. The van der Waals surface area contributed by atoms with E-state index in [1.807, 2.05) is 33.3 Å². The molecule has 3 atom stereocenters. The molecule has 9 nitrogen and oxygen atoms in total. The van der Waals surface area contributed by atoms with Crippen molar-refractivity contribution in [1.82, 2.24) is 5.32 Å². The Balaban J connectivity index is 4.96. The minimum Gasteiger partial charge on any atom is -0.756 e. The number of amides is 1. The van der Waals surface area contributed by atoms with Crippen LogP contribution in [0, 0.1) is 0 Å². The van der Waals surface area contributed by atoms with Crippen molar-refractivity contribution < 1.29 is 37.3 Å². The van der Waals surface area contributed by atoms with Crippen LogP contribution in [0.15, 0.2) is 48.6 Å². The molecule has 0 heterocycles. The summed E-state index contributed by atoms with van der Waals surface area (Å²) in [5.74, 6) is -0.543. The number of rotatable bonds is 63. The molecule has 0 fully saturated rings.